The number of nitrogens with zero attached hydrogens (tertiary/aromatic N) is 1. The van der Waals surface area contributed by atoms with Crippen LogP contribution in [0.1, 0.15) is 11.1 Å². The maximum Gasteiger partial charge on any atom is 0.332 e. The van der Waals surface area contributed by atoms with Gasteiger partial charge in [0, 0.05) is 16.1 Å². The fourth-order valence-electron chi connectivity index (χ4n) is 1.75. The number of nitrogens with one attached hydrogen (secondary N) is 1. The number of benzene rings is 2. The first kappa shape index (κ1) is 17.1. The normalized spacial score (nSPS) is 10.7. The number of hydrogen-bond donors (Lipinski definition) is 2. The molecule has 0 aliphatic carbocycles. The molecule has 8 heteroatoms. The van der Waals surface area contributed by atoms with E-state index < -0.39 is 6.03 Å². The van der Waals surface area contributed by atoms with Crippen LogP contribution in [0, 0.1) is 5.82 Å². The Morgan fingerprint density at radius 1 is 1.30 bits per heavy atom. The summed E-state index contributed by atoms with van der Waals surface area (Å²) in [5, 5.41) is 4.44. The molecule has 0 aliphatic heterocycles. The molecule has 23 heavy (non-hydrogen) atoms. The van der Waals surface area contributed by atoms with E-state index >= 15 is 0 Å². The number of halogens is 3. The molecule has 0 spiro atoms. The second kappa shape index (κ2) is 7.80. The minimum absolute atomic E-state index is 0.129. The van der Waals surface area contributed by atoms with Crippen molar-refractivity contribution in [1.82, 2.24) is 5.43 Å². The zero-order valence-electron chi connectivity index (χ0n) is 11.7. The van der Waals surface area contributed by atoms with Crippen LogP contribution < -0.4 is 15.9 Å². The second-order valence-electron chi connectivity index (χ2n) is 4.44. The van der Waals surface area contributed by atoms with E-state index in [1.165, 1.54) is 36.5 Å². The van der Waals surface area contributed by atoms with E-state index in [4.69, 9.17) is 33.7 Å². The molecule has 0 aliphatic rings. The van der Waals surface area contributed by atoms with Crippen LogP contribution in [0.25, 0.3) is 0 Å². The molecule has 0 radical (unpaired) electrons. The highest BCUT2D eigenvalue weighted by Crippen LogP contribution is 2.25. The van der Waals surface area contributed by atoms with Gasteiger partial charge in [0.2, 0.25) is 0 Å². The summed E-state index contributed by atoms with van der Waals surface area (Å²) in [5.74, 6) is 0.133. The predicted octanol–water partition coefficient (Wildman–Crippen LogP) is 3.71. The van der Waals surface area contributed by atoms with Crippen LogP contribution in [0.2, 0.25) is 10.0 Å². The van der Waals surface area contributed by atoms with Crippen molar-refractivity contribution in [2.45, 2.75) is 6.61 Å². The van der Waals surface area contributed by atoms with E-state index in [1.54, 1.807) is 6.07 Å². The molecule has 2 aromatic rings. The van der Waals surface area contributed by atoms with Gasteiger partial charge in [-0.25, -0.2) is 14.6 Å². The Kier molecular flexibility index (Phi) is 5.78. The van der Waals surface area contributed by atoms with Gasteiger partial charge in [0.05, 0.1) is 11.2 Å². The monoisotopic (exact) mass is 355 g/mol. The Hall–Kier alpha value is -2.31. The Morgan fingerprint density at radius 2 is 2.00 bits per heavy atom. The van der Waals surface area contributed by atoms with Crippen LogP contribution in [-0.4, -0.2) is 12.2 Å². The smallest absolute Gasteiger partial charge is 0.332 e. The minimum atomic E-state index is -0.796. The highest BCUT2D eigenvalue weighted by Gasteiger charge is 2.09. The summed E-state index contributed by atoms with van der Waals surface area (Å²) < 4.78 is 18.4. The number of carbonyl (C=O) groups excluding carboxylic acids is 1. The van der Waals surface area contributed by atoms with Gasteiger partial charge >= 0.3 is 6.03 Å². The molecule has 0 unspecified atom stereocenters. The van der Waals surface area contributed by atoms with Crippen LogP contribution in [-0.2, 0) is 6.61 Å². The van der Waals surface area contributed by atoms with Gasteiger partial charge in [0.25, 0.3) is 0 Å². The molecular formula is C15H12Cl2FN3O2. The van der Waals surface area contributed by atoms with Crippen LogP contribution in [0.5, 0.6) is 5.75 Å². The number of ether oxygens (including phenoxy) is 1. The van der Waals surface area contributed by atoms with Gasteiger partial charge in [0.1, 0.15) is 18.2 Å². The third-order valence-corrected chi connectivity index (χ3v) is 3.29. The number of rotatable bonds is 5. The minimum Gasteiger partial charge on any atom is -0.489 e. The molecule has 2 aromatic carbocycles. The number of hydrogen-bond acceptors (Lipinski definition) is 3. The molecule has 0 bridgehead atoms. The van der Waals surface area contributed by atoms with Gasteiger partial charge in [-0.15, -0.1) is 0 Å². The molecule has 0 aromatic heterocycles. The van der Waals surface area contributed by atoms with Crippen molar-refractivity contribution in [2.24, 2.45) is 10.8 Å². The summed E-state index contributed by atoms with van der Waals surface area (Å²) in [6.45, 7) is 0.129. The number of carbonyl (C=O) groups is 1. The number of amides is 2. The lowest BCUT2D eigenvalue weighted by molar-refractivity contribution is 0.249. The molecule has 0 saturated carbocycles. The molecule has 5 nitrogen and oxygen atoms in total. The largest absolute Gasteiger partial charge is 0.489 e. The van der Waals surface area contributed by atoms with Gasteiger partial charge in [-0.2, -0.15) is 5.10 Å². The summed E-state index contributed by atoms with van der Waals surface area (Å²) in [6, 6.07) is 7.99. The molecule has 0 heterocycles. The van der Waals surface area contributed by atoms with Crippen molar-refractivity contribution in [3.63, 3.8) is 0 Å². The summed E-state index contributed by atoms with van der Waals surface area (Å²) in [7, 11) is 0. The molecule has 0 saturated heterocycles. The zero-order valence-corrected chi connectivity index (χ0v) is 13.2. The molecular weight excluding hydrogens is 344 g/mol. The van der Waals surface area contributed by atoms with Crippen molar-refractivity contribution < 1.29 is 13.9 Å². The van der Waals surface area contributed by atoms with Gasteiger partial charge in [-0.1, -0.05) is 23.2 Å². The van der Waals surface area contributed by atoms with Crippen LogP contribution in [0.4, 0.5) is 9.18 Å². The molecule has 0 atom stereocenters. The maximum absolute atomic E-state index is 12.9. The summed E-state index contributed by atoms with van der Waals surface area (Å²) in [6.07, 6.45) is 1.34. The van der Waals surface area contributed by atoms with Crippen molar-refractivity contribution in [3.05, 3.63) is 63.4 Å². The lowest BCUT2D eigenvalue weighted by Crippen LogP contribution is -2.24. The summed E-state index contributed by atoms with van der Waals surface area (Å²) >= 11 is 12.1. The first-order valence-corrected chi connectivity index (χ1v) is 7.16. The topological polar surface area (TPSA) is 76.7 Å². The number of primary amides is 1. The Labute approximate surface area is 141 Å². The standard InChI is InChI=1S/C15H12Cl2FN3O2/c16-10-5-9(8-23-12-3-1-11(18)2-4-12)13(14(17)6-10)7-20-21-15(19)22/h1-7H,8H2,(H3,19,21,22). The zero-order chi connectivity index (χ0) is 16.8. The quantitative estimate of drug-likeness (QED) is 0.633. The Balaban J connectivity index is 2.20. The number of nitrogens with two attached hydrogens (primary N) is 1. The van der Waals surface area contributed by atoms with E-state index in [2.05, 4.69) is 10.5 Å². The highest BCUT2D eigenvalue weighted by molar-refractivity contribution is 6.36. The third-order valence-electron chi connectivity index (χ3n) is 2.76. The van der Waals surface area contributed by atoms with E-state index in [1.807, 2.05) is 0 Å². The Morgan fingerprint density at radius 3 is 2.65 bits per heavy atom. The first-order valence-electron chi connectivity index (χ1n) is 6.40. The lowest BCUT2D eigenvalue weighted by Gasteiger charge is -2.11. The van der Waals surface area contributed by atoms with Crippen LogP contribution >= 0.6 is 23.2 Å². The Bertz CT molecular complexity index is 736. The number of urea groups is 1. The third kappa shape index (κ3) is 5.12. The predicted molar refractivity (Wildman–Crippen MR) is 87.5 cm³/mol. The number of hydrazone groups is 1. The van der Waals surface area contributed by atoms with E-state index in [0.29, 0.717) is 26.9 Å². The van der Waals surface area contributed by atoms with Gasteiger partial charge in [-0.3, -0.25) is 0 Å². The van der Waals surface area contributed by atoms with Gasteiger partial charge in [0.15, 0.2) is 0 Å². The van der Waals surface area contributed by atoms with E-state index in [0.717, 1.165) is 0 Å². The average Bonchev–Trinajstić information content (AvgIpc) is 2.48. The second-order valence-corrected chi connectivity index (χ2v) is 5.28. The molecule has 120 valence electrons. The fraction of sp³-hybridized carbons (Fsp3) is 0.0667. The molecule has 2 rings (SSSR count). The van der Waals surface area contributed by atoms with Crippen molar-refractivity contribution >= 4 is 35.4 Å². The SMILES string of the molecule is NC(=O)NN=Cc1c(Cl)cc(Cl)cc1COc1ccc(F)cc1. The molecule has 0 fully saturated rings. The van der Waals surface area contributed by atoms with Crippen LogP contribution in [0.3, 0.4) is 0 Å². The van der Waals surface area contributed by atoms with Gasteiger partial charge < -0.3 is 10.5 Å². The van der Waals surface area contributed by atoms with E-state index in [9.17, 15) is 9.18 Å². The van der Waals surface area contributed by atoms with Gasteiger partial charge in [-0.05, 0) is 36.4 Å². The van der Waals surface area contributed by atoms with Crippen LogP contribution in [0.15, 0.2) is 41.5 Å². The van der Waals surface area contributed by atoms with E-state index in [-0.39, 0.29) is 12.4 Å². The first-order chi connectivity index (χ1) is 11.0. The maximum atomic E-state index is 12.9. The summed E-state index contributed by atoms with van der Waals surface area (Å²) in [5.41, 5.74) is 8.17. The molecule has 3 N–H and O–H groups in total. The summed E-state index contributed by atoms with van der Waals surface area (Å²) in [4.78, 5) is 10.6. The van der Waals surface area contributed by atoms with Crippen molar-refractivity contribution in [2.75, 3.05) is 0 Å². The fourth-order valence-corrected chi connectivity index (χ4v) is 2.34. The average molecular weight is 356 g/mol. The van der Waals surface area contributed by atoms with Crippen molar-refractivity contribution in [3.8, 4) is 5.75 Å². The van der Waals surface area contributed by atoms with Crippen molar-refractivity contribution in [1.29, 1.82) is 0 Å². The lowest BCUT2D eigenvalue weighted by atomic mass is 10.1. The highest BCUT2D eigenvalue weighted by atomic mass is 35.5. The molecule has 2 amide bonds.